The lowest BCUT2D eigenvalue weighted by Gasteiger charge is -2.46. The SMILES string of the molecule is COc1ccc(CNc2ncnc3c2ccn3[C@@H]2C[C@H](CN(CC3CCC3)[C@H]3C[C@H](CCC(=O)Nc4cc(C(C)(C)C)ccc4N)C3)[C@H]3OC(C)(C)O[C@H]32)c(OC)c1. The summed E-state index contributed by atoms with van der Waals surface area (Å²) in [6.07, 6.45) is 12.3. The van der Waals surface area contributed by atoms with Gasteiger partial charge in [0.25, 0.3) is 0 Å². The van der Waals surface area contributed by atoms with Crippen molar-refractivity contribution in [2.45, 2.75) is 128 Å². The molecule has 1 amide bonds. The van der Waals surface area contributed by atoms with E-state index in [1.807, 2.05) is 50.2 Å². The molecule has 3 saturated carbocycles. The van der Waals surface area contributed by atoms with Crippen molar-refractivity contribution in [1.29, 1.82) is 0 Å². The molecule has 12 heteroatoms. The number of anilines is 3. The Morgan fingerprint density at radius 3 is 2.50 bits per heavy atom. The van der Waals surface area contributed by atoms with Crippen molar-refractivity contribution >= 4 is 34.1 Å². The highest BCUT2D eigenvalue weighted by Gasteiger charge is 2.55. The lowest BCUT2D eigenvalue weighted by Crippen LogP contribution is -2.50. The molecular weight excluding hydrogens is 731 g/mol. The van der Waals surface area contributed by atoms with Crippen LogP contribution < -0.4 is 25.8 Å². The summed E-state index contributed by atoms with van der Waals surface area (Å²) in [4.78, 5) is 25.3. The van der Waals surface area contributed by atoms with E-state index < -0.39 is 5.79 Å². The molecule has 312 valence electrons. The standard InChI is InChI=1S/C46H63N7O5/c1-45(2,3)32-13-15-36(47)37(22-32)51-40(54)16-11-29-19-33(20-29)52(25-28-9-8-10-28)26-31-21-38(42-41(31)57-46(4,5)58-42)53-18-17-35-43(49-27-50-44(35)53)48-24-30-12-14-34(55-6)23-39(30)56-7/h12-15,17-18,22-23,27-29,31,33,38,41-42H,8-11,16,19-21,24-26,47H2,1-7H3,(H,51,54)(H,48,49,50)/t29-,31-,33-,38-,41-,42+/m1/s1. The quantitative estimate of drug-likeness (QED) is 0.101. The highest BCUT2D eigenvalue weighted by Crippen LogP contribution is 2.49. The summed E-state index contributed by atoms with van der Waals surface area (Å²) in [5.41, 5.74) is 10.6. The topological polar surface area (TPSA) is 138 Å². The van der Waals surface area contributed by atoms with Crippen LogP contribution in [0.4, 0.5) is 17.2 Å². The van der Waals surface area contributed by atoms with Crippen molar-refractivity contribution in [3.05, 3.63) is 66.1 Å². The monoisotopic (exact) mass is 793 g/mol. The Hall–Kier alpha value is -4.39. The molecule has 3 heterocycles. The van der Waals surface area contributed by atoms with Gasteiger partial charge in [-0.15, -0.1) is 0 Å². The molecule has 0 bridgehead atoms. The van der Waals surface area contributed by atoms with E-state index in [-0.39, 0.29) is 29.6 Å². The van der Waals surface area contributed by atoms with E-state index in [0.717, 1.165) is 84.2 Å². The maximum atomic E-state index is 13.1. The van der Waals surface area contributed by atoms with Gasteiger partial charge in [0.1, 0.15) is 35.4 Å². The third-order valence-electron chi connectivity index (χ3n) is 13.2. The zero-order valence-corrected chi connectivity index (χ0v) is 35.4. The van der Waals surface area contributed by atoms with E-state index in [2.05, 4.69) is 58.1 Å². The predicted molar refractivity (Wildman–Crippen MR) is 228 cm³/mol. The summed E-state index contributed by atoms with van der Waals surface area (Å²) >= 11 is 0. The fourth-order valence-electron chi connectivity index (χ4n) is 9.66. The number of hydrogen-bond acceptors (Lipinski definition) is 10. The van der Waals surface area contributed by atoms with Crippen LogP contribution in [0, 0.1) is 17.8 Å². The molecule has 0 radical (unpaired) electrons. The molecular formula is C46H63N7O5. The van der Waals surface area contributed by atoms with Crippen molar-refractivity contribution in [1.82, 2.24) is 19.4 Å². The number of carbonyl (C=O) groups excluding carboxylic acids is 1. The van der Waals surface area contributed by atoms with Gasteiger partial charge in [-0.3, -0.25) is 9.69 Å². The number of nitrogens with two attached hydrogens (primary N) is 1. The Morgan fingerprint density at radius 1 is 0.983 bits per heavy atom. The third kappa shape index (κ3) is 8.51. The molecule has 4 fully saturated rings. The number of rotatable bonds is 15. The maximum Gasteiger partial charge on any atom is 0.224 e. The largest absolute Gasteiger partial charge is 0.497 e. The molecule has 3 aliphatic carbocycles. The van der Waals surface area contributed by atoms with Crippen molar-refractivity contribution in [3.8, 4) is 11.5 Å². The van der Waals surface area contributed by atoms with Gasteiger partial charge >= 0.3 is 0 Å². The van der Waals surface area contributed by atoms with Gasteiger partial charge in [0.05, 0.1) is 43.1 Å². The van der Waals surface area contributed by atoms with Crippen LogP contribution in [0.25, 0.3) is 11.0 Å². The number of carbonyl (C=O) groups is 1. The van der Waals surface area contributed by atoms with Crippen LogP contribution in [-0.4, -0.2) is 76.7 Å². The lowest BCUT2D eigenvalue weighted by molar-refractivity contribution is -0.161. The van der Waals surface area contributed by atoms with E-state index >= 15 is 0 Å². The van der Waals surface area contributed by atoms with Gasteiger partial charge in [-0.1, -0.05) is 33.3 Å². The Balaban J connectivity index is 0.927. The number of ether oxygens (including phenoxy) is 4. The van der Waals surface area contributed by atoms with Gasteiger partial charge in [0.15, 0.2) is 5.79 Å². The van der Waals surface area contributed by atoms with Crippen molar-refractivity contribution in [2.75, 3.05) is 43.7 Å². The molecule has 4 atom stereocenters. The number of nitrogens with one attached hydrogen (secondary N) is 2. The van der Waals surface area contributed by atoms with Crippen LogP contribution in [0.1, 0.15) is 103 Å². The second-order valence-electron chi connectivity index (χ2n) is 18.7. The minimum absolute atomic E-state index is 0.00731. The zero-order valence-electron chi connectivity index (χ0n) is 35.4. The fourth-order valence-corrected chi connectivity index (χ4v) is 9.66. The Bertz CT molecular complexity index is 2080. The first-order chi connectivity index (χ1) is 27.8. The van der Waals surface area contributed by atoms with Crippen molar-refractivity contribution in [2.24, 2.45) is 17.8 Å². The van der Waals surface area contributed by atoms with Gasteiger partial charge < -0.3 is 39.9 Å². The lowest BCUT2D eigenvalue weighted by atomic mass is 9.75. The molecule has 12 nitrogen and oxygen atoms in total. The van der Waals surface area contributed by atoms with E-state index in [1.165, 1.54) is 19.3 Å². The highest BCUT2D eigenvalue weighted by molar-refractivity contribution is 5.94. The third-order valence-corrected chi connectivity index (χ3v) is 13.2. The summed E-state index contributed by atoms with van der Waals surface area (Å²) in [6, 6.07) is 14.5. The predicted octanol–water partition coefficient (Wildman–Crippen LogP) is 8.32. The Morgan fingerprint density at radius 2 is 1.78 bits per heavy atom. The van der Waals surface area contributed by atoms with Crippen molar-refractivity contribution < 1.29 is 23.7 Å². The number of amides is 1. The smallest absolute Gasteiger partial charge is 0.224 e. The van der Waals surface area contributed by atoms with E-state index in [4.69, 9.17) is 29.7 Å². The minimum atomic E-state index is -0.659. The van der Waals surface area contributed by atoms with Crippen LogP contribution in [0.2, 0.25) is 0 Å². The molecule has 4 aliphatic rings. The first-order valence-electron chi connectivity index (χ1n) is 21.3. The molecule has 1 saturated heterocycles. The first-order valence-corrected chi connectivity index (χ1v) is 21.3. The van der Waals surface area contributed by atoms with Crippen LogP contribution in [0.3, 0.4) is 0 Å². The second-order valence-corrected chi connectivity index (χ2v) is 18.7. The number of fused-ring (bicyclic) bond motifs is 2. The second kappa shape index (κ2) is 16.3. The van der Waals surface area contributed by atoms with Crippen molar-refractivity contribution in [3.63, 3.8) is 0 Å². The molecule has 1 aliphatic heterocycles. The van der Waals surface area contributed by atoms with E-state index in [1.54, 1.807) is 20.5 Å². The summed E-state index contributed by atoms with van der Waals surface area (Å²) in [5, 5.41) is 7.61. The molecule has 0 unspecified atom stereocenters. The van der Waals surface area contributed by atoms with E-state index in [9.17, 15) is 4.79 Å². The molecule has 4 N–H and O–H groups in total. The van der Waals surface area contributed by atoms with Gasteiger partial charge in [-0.25, -0.2) is 9.97 Å². The number of methoxy groups -OCH3 is 2. The average molecular weight is 794 g/mol. The number of nitrogen functional groups attached to an aromatic ring is 1. The summed E-state index contributed by atoms with van der Waals surface area (Å²) in [5.74, 6) is 3.30. The Labute approximate surface area is 343 Å². The van der Waals surface area contributed by atoms with Gasteiger partial charge in [-0.2, -0.15) is 0 Å². The molecule has 8 rings (SSSR count). The molecule has 2 aromatic carbocycles. The van der Waals surface area contributed by atoms with Gasteiger partial charge in [-0.05, 0) is 106 Å². The minimum Gasteiger partial charge on any atom is -0.497 e. The molecule has 58 heavy (non-hydrogen) atoms. The van der Waals surface area contributed by atoms with Gasteiger partial charge in [0, 0.05) is 55.8 Å². The van der Waals surface area contributed by atoms with Crippen LogP contribution >= 0.6 is 0 Å². The first kappa shape index (κ1) is 40.4. The molecule has 4 aromatic rings. The summed E-state index contributed by atoms with van der Waals surface area (Å²) in [7, 11) is 3.32. The zero-order chi connectivity index (χ0) is 40.8. The normalized spacial score (nSPS) is 25.3. The number of hydrogen-bond donors (Lipinski definition) is 3. The number of aromatic nitrogens is 3. The maximum absolute atomic E-state index is 13.1. The van der Waals surface area contributed by atoms with Crippen LogP contribution in [-0.2, 0) is 26.2 Å². The molecule has 2 aromatic heterocycles. The van der Waals surface area contributed by atoms with Crippen LogP contribution in [0.15, 0.2) is 55.0 Å². The summed E-state index contributed by atoms with van der Waals surface area (Å²) < 4.78 is 26.8. The van der Waals surface area contributed by atoms with Gasteiger partial charge in [0.2, 0.25) is 5.91 Å². The molecule has 0 spiro atoms. The Kier molecular flexibility index (Phi) is 11.4. The average Bonchev–Trinajstić information content (AvgIpc) is 3.82. The highest BCUT2D eigenvalue weighted by atomic mass is 16.8. The fraction of sp³-hybridized carbons (Fsp3) is 0.587. The number of nitrogens with zero attached hydrogens (tertiary/aromatic N) is 4. The summed E-state index contributed by atoms with van der Waals surface area (Å²) in [6.45, 7) is 13.2. The van der Waals surface area contributed by atoms with Crippen LogP contribution in [0.5, 0.6) is 11.5 Å². The van der Waals surface area contributed by atoms with E-state index in [0.29, 0.717) is 42.2 Å². The number of benzene rings is 2.